The number of hydrogen-bond acceptors (Lipinski definition) is 4. The number of carbonyl (C=O) groups excluding carboxylic acids is 3. The first-order valence-corrected chi connectivity index (χ1v) is 8.94. The van der Waals surface area contributed by atoms with E-state index in [1.54, 1.807) is 42.5 Å². The van der Waals surface area contributed by atoms with Crippen LogP contribution in [0.3, 0.4) is 0 Å². The highest BCUT2D eigenvalue weighted by Crippen LogP contribution is 2.29. The largest absolute Gasteiger partial charge is 0.456 e. The molecule has 2 aromatic carbocycles. The normalized spacial score (nSPS) is 10.2. The smallest absolute Gasteiger partial charge is 0.306 e. The Morgan fingerprint density at radius 1 is 0.778 bits per heavy atom. The van der Waals surface area contributed by atoms with E-state index in [0.717, 1.165) is 0 Å². The van der Waals surface area contributed by atoms with Crippen LogP contribution in [0.15, 0.2) is 42.5 Å². The van der Waals surface area contributed by atoms with Crippen molar-refractivity contribution in [3.8, 4) is 0 Å². The molecular formula is C18H15Cl3N2O4. The van der Waals surface area contributed by atoms with Crippen molar-refractivity contribution >= 4 is 64.0 Å². The Morgan fingerprint density at radius 3 is 2.15 bits per heavy atom. The number of benzene rings is 2. The number of halogens is 3. The van der Waals surface area contributed by atoms with Gasteiger partial charge in [0, 0.05) is 6.42 Å². The molecule has 0 saturated heterocycles. The van der Waals surface area contributed by atoms with Crippen molar-refractivity contribution in [2.45, 2.75) is 12.8 Å². The van der Waals surface area contributed by atoms with Crippen LogP contribution in [-0.2, 0) is 19.1 Å². The molecule has 2 amide bonds. The van der Waals surface area contributed by atoms with Crippen LogP contribution in [0.25, 0.3) is 0 Å². The van der Waals surface area contributed by atoms with Gasteiger partial charge in [-0.1, -0.05) is 53.0 Å². The number of nitrogens with one attached hydrogen (secondary N) is 2. The molecule has 0 bridgehead atoms. The summed E-state index contributed by atoms with van der Waals surface area (Å²) in [6.07, 6.45) is -0.322. The lowest BCUT2D eigenvalue weighted by Gasteiger charge is -2.09. The third kappa shape index (κ3) is 6.75. The minimum Gasteiger partial charge on any atom is -0.456 e. The fraction of sp³-hybridized carbons (Fsp3) is 0.167. The Hall–Kier alpha value is -2.28. The summed E-state index contributed by atoms with van der Waals surface area (Å²) in [6.45, 7) is -0.480. The standard InChI is InChI=1S/C18H15Cl3N2O4/c19-11-4-1-2-6-13(11)22-16(25)10-27-17(26)9-8-15(24)23-14-7-3-5-12(20)18(14)21/h1-7H,8-10H2,(H,22,25)(H,23,24). The fourth-order valence-corrected chi connectivity index (χ4v) is 2.53. The van der Waals surface area contributed by atoms with Gasteiger partial charge in [-0.15, -0.1) is 0 Å². The Labute approximate surface area is 170 Å². The van der Waals surface area contributed by atoms with E-state index in [9.17, 15) is 14.4 Å². The first kappa shape index (κ1) is 21.0. The zero-order chi connectivity index (χ0) is 19.8. The average Bonchev–Trinajstić information content (AvgIpc) is 2.64. The lowest BCUT2D eigenvalue weighted by Crippen LogP contribution is -2.22. The average molecular weight is 430 g/mol. The number of anilines is 2. The molecular weight excluding hydrogens is 415 g/mol. The first-order chi connectivity index (χ1) is 12.9. The van der Waals surface area contributed by atoms with E-state index in [1.165, 1.54) is 0 Å². The summed E-state index contributed by atoms with van der Waals surface area (Å²) in [5, 5.41) is 5.96. The van der Waals surface area contributed by atoms with E-state index in [0.29, 0.717) is 21.4 Å². The van der Waals surface area contributed by atoms with Gasteiger partial charge in [-0.25, -0.2) is 0 Å². The maximum Gasteiger partial charge on any atom is 0.306 e. The maximum atomic E-state index is 11.9. The Bertz CT molecular complexity index is 858. The molecule has 2 rings (SSSR count). The number of carbonyl (C=O) groups is 3. The summed E-state index contributed by atoms with van der Waals surface area (Å²) in [6, 6.07) is 11.5. The summed E-state index contributed by atoms with van der Waals surface area (Å²) < 4.78 is 4.84. The summed E-state index contributed by atoms with van der Waals surface area (Å²) in [5.74, 6) is -1.65. The van der Waals surface area contributed by atoms with Crippen molar-refractivity contribution in [1.82, 2.24) is 0 Å². The number of amides is 2. The van der Waals surface area contributed by atoms with E-state index in [4.69, 9.17) is 39.5 Å². The van der Waals surface area contributed by atoms with E-state index >= 15 is 0 Å². The molecule has 6 nitrogen and oxygen atoms in total. The maximum absolute atomic E-state index is 11.9. The zero-order valence-corrected chi connectivity index (χ0v) is 16.2. The molecule has 0 radical (unpaired) electrons. The van der Waals surface area contributed by atoms with Crippen LogP contribution in [0.2, 0.25) is 15.1 Å². The van der Waals surface area contributed by atoms with E-state index in [2.05, 4.69) is 10.6 Å². The first-order valence-electron chi connectivity index (χ1n) is 7.80. The molecule has 142 valence electrons. The third-order valence-electron chi connectivity index (χ3n) is 3.29. The van der Waals surface area contributed by atoms with Crippen LogP contribution in [0.1, 0.15) is 12.8 Å². The Balaban J connectivity index is 1.72. The molecule has 0 aliphatic carbocycles. The molecule has 9 heteroatoms. The highest BCUT2D eigenvalue weighted by Gasteiger charge is 2.13. The second kappa shape index (κ2) is 10.2. The van der Waals surface area contributed by atoms with Gasteiger partial charge in [0.1, 0.15) is 0 Å². The SMILES string of the molecule is O=C(COC(=O)CCC(=O)Nc1cccc(Cl)c1Cl)Nc1ccccc1Cl. The van der Waals surface area contributed by atoms with Gasteiger partial charge >= 0.3 is 5.97 Å². The number of rotatable bonds is 7. The molecule has 0 atom stereocenters. The van der Waals surface area contributed by atoms with Crippen molar-refractivity contribution in [2.24, 2.45) is 0 Å². The van der Waals surface area contributed by atoms with Gasteiger partial charge in [0.15, 0.2) is 6.61 Å². The van der Waals surface area contributed by atoms with Crippen molar-refractivity contribution < 1.29 is 19.1 Å². The van der Waals surface area contributed by atoms with Gasteiger partial charge in [-0.2, -0.15) is 0 Å². The number of hydrogen-bond donors (Lipinski definition) is 2. The lowest BCUT2D eigenvalue weighted by atomic mass is 10.2. The second-order valence-corrected chi connectivity index (χ2v) is 6.53. The van der Waals surface area contributed by atoms with Crippen LogP contribution in [0.5, 0.6) is 0 Å². The predicted octanol–water partition coefficient (Wildman–Crippen LogP) is 4.55. The monoisotopic (exact) mass is 428 g/mol. The van der Waals surface area contributed by atoms with Crippen LogP contribution in [0, 0.1) is 0 Å². The van der Waals surface area contributed by atoms with Crippen LogP contribution >= 0.6 is 34.8 Å². The minimum atomic E-state index is -0.684. The summed E-state index contributed by atoms with van der Waals surface area (Å²) in [5.41, 5.74) is 0.764. The van der Waals surface area contributed by atoms with Gasteiger partial charge in [0.05, 0.1) is 32.9 Å². The molecule has 0 spiro atoms. The molecule has 0 saturated carbocycles. The van der Waals surface area contributed by atoms with Crippen molar-refractivity contribution in [3.63, 3.8) is 0 Å². The van der Waals surface area contributed by atoms with Gasteiger partial charge in [-0.05, 0) is 24.3 Å². The van der Waals surface area contributed by atoms with Crippen LogP contribution in [-0.4, -0.2) is 24.4 Å². The molecule has 0 unspecified atom stereocenters. The molecule has 2 N–H and O–H groups in total. The number of para-hydroxylation sites is 1. The highest BCUT2D eigenvalue weighted by molar-refractivity contribution is 6.44. The quantitative estimate of drug-likeness (QED) is 0.633. The van der Waals surface area contributed by atoms with E-state index in [1.807, 2.05) is 0 Å². The van der Waals surface area contributed by atoms with E-state index in [-0.39, 0.29) is 17.9 Å². The van der Waals surface area contributed by atoms with E-state index < -0.39 is 24.4 Å². The van der Waals surface area contributed by atoms with Crippen molar-refractivity contribution in [1.29, 1.82) is 0 Å². The van der Waals surface area contributed by atoms with Crippen molar-refractivity contribution in [2.75, 3.05) is 17.2 Å². The molecule has 0 fully saturated rings. The molecule has 0 heterocycles. The van der Waals surface area contributed by atoms with Gasteiger partial charge in [0.25, 0.3) is 5.91 Å². The lowest BCUT2D eigenvalue weighted by molar-refractivity contribution is -0.147. The Morgan fingerprint density at radius 2 is 1.41 bits per heavy atom. The molecule has 0 aliphatic heterocycles. The fourth-order valence-electron chi connectivity index (χ4n) is 2.00. The summed E-state index contributed by atoms with van der Waals surface area (Å²) in [4.78, 5) is 35.3. The van der Waals surface area contributed by atoms with Crippen LogP contribution < -0.4 is 10.6 Å². The predicted molar refractivity (Wildman–Crippen MR) is 105 cm³/mol. The van der Waals surface area contributed by atoms with Crippen LogP contribution in [0.4, 0.5) is 11.4 Å². The molecule has 2 aromatic rings. The molecule has 0 aromatic heterocycles. The van der Waals surface area contributed by atoms with Gasteiger partial charge in [0.2, 0.25) is 5.91 Å². The zero-order valence-electron chi connectivity index (χ0n) is 13.9. The van der Waals surface area contributed by atoms with Crippen molar-refractivity contribution in [3.05, 3.63) is 57.5 Å². The third-order valence-corrected chi connectivity index (χ3v) is 4.44. The van der Waals surface area contributed by atoms with Gasteiger partial charge in [-0.3, -0.25) is 14.4 Å². The molecule has 27 heavy (non-hydrogen) atoms. The van der Waals surface area contributed by atoms with Gasteiger partial charge < -0.3 is 15.4 Å². The second-order valence-electron chi connectivity index (χ2n) is 5.34. The molecule has 0 aliphatic rings. The minimum absolute atomic E-state index is 0.131. The topological polar surface area (TPSA) is 84.5 Å². The Kier molecular flexibility index (Phi) is 7.91. The number of ether oxygens (including phenoxy) is 1. The summed E-state index contributed by atoms with van der Waals surface area (Å²) in [7, 11) is 0. The number of esters is 1. The summed E-state index contributed by atoms with van der Waals surface area (Å²) >= 11 is 17.7. The highest BCUT2D eigenvalue weighted by atomic mass is 35.5.